The Balaban J connectivity index is 2.40. The molecular formula is C15H15FN2O2S. The van der Waals surface area contributed by atoms with Crippen LogP contribution in [0.4, 0.5) is 15.8 Å². The van der Waals surface area contributed by atoms with E-state index < -0.39 is 5.82 Å². The summed E-state index contributed by atoms with van der Waals surface area (Å²) in [5.74, 6) is 0.873. The first-order chi connectivity index (χ1) is 10.0. The number of benzene rings is 2. The Bertz CT molecular complexity index is 654. The highest BCUT2D eigenvalue weighted by Gasteiger charge is 2.09. The van der Waals surface area contributed by atoms with Crippen LogP contribution in [0, 0.1) is 5.82 Å². The minimum Gasteiger partial charge on any atom is -0.497 e. The lowest BCUT2D eigenvalue weighted by molar-refractivity contribution is 0.395. The summed E-state index contributed by atoms with van der Waals surface area (Å²) in [6.07, 6.45) is 0. The molecule has 0 aliphatic rings. The topological polar surface area (TPSA) is 56.5 Å². The molecular weight excluding hydrogens is 291 g/mol. The van der Waals surface area contributed by atoms with Gasteiger partial charge in [-0.2, -0.15) is 0 Å². The molecule has 0 unspecified atom stereocenters. The molecule has 2 aromatic carbocycles. The first-order valence-electron chi connectivity index (χ1n) is 6.13. The van der Waals surface area contributed by atoms with E-state index in [4.69, 9.17) is 27.4 Å². The summed E-state index contributed by atoms with van der Waals surface area (Å²) >= 11 is 4.94. The molecule has 2 rings (SSSR count). The fourth-order valence-corrected chi connectivity index (χ4v) is 2.03. The standard InChI is InChI=1S/C15H15FN2O2S/c1-19-11-6-10(7-12(8-11)20-2)18-14-4-3-9(16)5-13(14)15(17)21/h3-8,18H,1-2H3,(H2,17,21). The van der Waals surface area contributed by atoms with E-state index in [0.717, 1.165) is 5.69 Å². The zero-order chi connectivity index (χ0) is 15.4. The second-order valence-electron chi connectivity index (χ2n) is 4.28. The summed E-state index contributed by atoms with van der Waals surface area (Å²) in [6.45, 7) is 0. The number of nitrogens with one attached hydrogen (secondary N) is 1. The molecule has 2 aromatic rings. The van der Waals surface area contributed by atoms with Gasteiger partial charge >= 0.3 is 0 Å². The zero-order valence-corrected chi connectivity index (χ0v) is 12.5. The van der Waals surface area contributed by atoms with Crippen molar-refractivity contribution in [2.24, 2.45) is 5.73 Å². The van der Waals surface area contributed by atoms with Crippen molar-refractivity contribution in [2.45, 2.75) is 0 Å². The number of methoxy groups -OCH3 is 2. The number of hydrogen-bond donors (Lipinski definition) is 2. The van der Waals surface area contributed by atoms with Crippen LogP contribution in [0.5, 0.6) is 11.5 Å². The van der Waals surface area contributed by atoms with Crippen molar-refractivity contribution in [3.05, 3.63) is 47.8 Å². The van der Waals surface area contributed by atoms with Crippen LogP contribution >= 0.6 is 12.2 Å². The van der Waals surface area contributed by atoms with E-state index in [1.165, 1.54) is 12.1 Å². The van der Waals surface area contributed by atoms with Gasteiger partial charge in [-0.1, -0.05) is 12.2 Å². The summed E-state index contributed by atoms with van der Waals surface area (Å²) in [6, 6.07) is 9.54. The fourth-order valence-electron chi connectivity index (χ4n) is 1.86. The Kier molecular flexibility index (Phi) is 4.59. The lowest BCUT2D eigenvalue weighted by Gasteiger charge is -2.13. The molecule has 0 fully saturated rings. The van der Waals surface area contributed by atoms with Crippen molar-refractivity contribution in [1.29, 1.82) is 0 Å². The molecule has 0 aromatic heterocycles. The molecule has 3 N–H and O–H groups in total. The van der Waals surface area contributed by atoms with Gasteiger partial charge in [0.15, 0.2) is 0 Å². The second kappa shape index (κ2) is 6.41. The summed E-state index contributed by atoms with van der Waals surface area (Å²) in [5, 5.41) is 3.14. The molecule has 6 heteroatoms. The Labute approximate surface area is 127 Å². The summed E-state index contributed by atoms with van der Waals surface area (Å²) < 4.78 is 23.7. The zero-order valence-electron chi connectivity index (χ0n) is 11.6. The highest BCUT2D eigenvalue weighted by atomic mass is 32.1. The van der Waals surface area contributed by atoms with Crippen molar-refractivity contribution in [1.82, 2.24) is 0 Å². The lowest BCUT2D eigenvalue weighted by Crippen LogP contribution is -2.12. The molecule has 0 spiro atoms. The van der Waals surface area contributed by atoms with Crippen molar-refractivity contribution < 1.29 is 13.9 Å². The van der Waals surface area contributed by atoms with Gasteiger partial charge in [0.2, 0.25) is 0 Å². The molecule has 0 radical (unpaired) electrons. The molecule has 4 nitrogen and oxygen atoms in total. The van der Waals surface area contributed by atoms with Crippen LogP contribution in [0.15, 0.2) is 36.4 Å². The molecule has 0 saturated carbocycles. The maximum atomic E-state index is 13.3. The number of halogens is 1. The predicted molar refractivity (Wildman–Crippen MR) is 85.1 cm³/mol. The second-order valence-corrected chi connectivity index (χ2v) is 4.72. The van der Waals surface area contributed by atoms with E-state index in [1.807, 2.05) is 0 Å². The molecule has 0 saturated heterocycles. The molecule has 110 valence electrons. The Hall–Kier alpha value is -2.34. The van der Waals surface area contributed by atoms with Gasteiger partial charge in [0, 0.05) is 35.1 Å². The number of rotatable bonds is 5. The minimum absolute atomic E-state index is 0.117. The monoisotopic (exact) mass is 306 g/mol. The SMILES string of the molecule is COc1cc(Nc2ccc(F)cc2C(N)=S)cc(OC)c1. The number of ether oxygens (including phenoxy) is 2. The number of anilines is 2. The first kappa shape index (κ1) is 15.1. The normalized spacial score (nSPS) is 10.0. The van der Waals surface area contributed by atoms with Crippen LogP contribution in [0.2, 0.25) is 0 Å². The first-order valence-corrected chi connectivity index (χ1v) is 6.53. The smallest absolute Gasteiger partial charge is 0.124 e. The Morgan fingerprint density at radius 3 is 2.24 bits per heavy atom. The predicted octanol–water partition coefficient (Wildman–Crippen LogP) is 3.22. The van der Waals surface area contributed by atoms with Crippen LogP contribution in [-0.4, -0.2) is 19.2 Å². The lowest BCUT2D eigenvalue weighted by atomic mass is 10.1. The maximum Gasteiger partial charge on any atom is 0.124 e. The van der Waals surface area contributed by atoms with Crippen molar-refractivity contribution >= 4 is 28.6 Å². The molecule has 0 aliphatic heterocycles. The largest absolute Gasteiger partial charge is 0.497 e. The van der Waals surface area contributed by atoms with E-state index >= 15 is 0 Å². The van der Waals surface area contributed by atoms with Crippen LogP contribution in [-0.2, 0) is 0 Å². The Morgan fingerprint density at radius 1 is 1.10 bits per heavy atom. The van der Waals surface area contributed by atoms with Crippen LogP contribution < -0.4 is 20.5 Å². The number of nitrogens with two attached hydrogens (primary N) is 1. The maximum absolute atomic E-state index is 13.3. The third kappa shape index (κ3) is 3.61. The third-order valence-corrected chi connectivity index (χ3v) is 3.10. The van der Waals surface area contributed by atoms with Gasteiger partial charge in [-0.05, 0) is 18.2 Å². The van der Waals surface area contributed by atoms with Gasteiger partial charge in [0.1, 0.15) is 22.3 Å². The molecule has 0 bridgehead atoms. The van der Waals surface area contributed by atoms with E-state index in [9.17, 15) is 4.39 Å². The average Bonchev–Trinajstić information content (AvgIpc) is 2.48. The van der Waals surface area contributed by atoms with Gasteiger partial charge in [0.05, 0.1) is 14.2 Å². The van der Waals surface area contributed by atoms with Crippen LogP contribution in [0.1, 0.15) is 5.56 Å². The highest BCUT2D eigenvalue weighted by molar-refractivity contribution is 7.80. The summed E-state index contributed by atoms with van der Waals surface area (Å²) in [7, 11) is 3.13. The average molecular weight is 306 g/mol. The molecule has 0 heterocycles. The molecule has 0 aliphatic carbocycles. The highest BCUT2D eigenvalue weighted by Crippen LogP contribution is 2.29. The van der Waals surface area contributed by atoms with E-state index in [2.05, 4.69) is 5.32 Å². The van der Waals surface area contributed by atoms with Crippen molar-refractivity contribution in [3.8, 4) is 11.5 Å². The fraction of sp³-hybridized carbons (Fsp3) is 0.133. The van der Waals surface area contributed by atoms with Gasteiger partial charge in [-0.25, -0.2) is 4.39 Å². The molecule has 0 atom stereocenters. The summed E-state index contributed by atoms with van der Waals surface area (Å²) in [5.41, 5.74) is 7.39. The van der Waals surface area contributed by atoms with E-state index in [-0.39, 0.29) is 4.99 Å². The number of thiocarbonyl (C=S) groups is 1. The van der Waals surface area contributed by atoms with Gasteiger partial charge in [-0.3, -0.25) is 0 Å². The minimum atomic E-state index is -0.397. The van der Waals surface area contributed by atoms with Gasteiger partial charge in [0.25, 0.3) is 0 Å². The van der Waals surface area contributed by atoms with Crippen LogP contribution in [0.25, 0.3) is 0 Å². The van der Waals surface area contributed by atoms with Crippen molar-refractivity contribution in [2.75, 3.05) is 19.5 Å². The van der Waals surface area contributed by atoms with Gasteiger partial charge < -0.3 is 20.5 Å². The van der Waals surface area contributed by atoms with E-state index in [0.29, 0.717) is 22.7 Å². The molecule has 0 amide bonds. The summed E-state index contributed by atoms with van der Waals surface area (Å²) in [4.78, 5) is 0.117. The van der Waals surface area contributed by atoms with E-state index in [1.54, 1.807) is 38.5 Å². The molecule has 21 heavy (non-hydrogen) atoms. The third-order valence-electron chi connectivity index (χ3n) is 2.88. The van der Waals surface area contributed by atoms with Crippen LogP contribution in [0.3, 0.4) is 0 Å². The van der Waals surface area contributed by atoms with Crippen molar-refractivity contribution in [3.63, 3.8) is 0 Å². The quantitative estimate of drug-likeness (QED) is 0.831. The van der Waals surface area contributed by atoms with Gasteiger partial charge in [-0.15, -0.1) is 0 Å². The number of hydrogen-bond acceptors (Lipinski definition) is 4. The Morgan fingerprint density at radius 2 is 1.71 bits per heavy atom.